The molecule has 0 aliphatic heterocycles. The molecule has 4 aromatic rings. The molecular weight excluding hydrogens is 428 g/mol. The van der Waals surface area contributed by atoms with E-state index in [0.717, 1.165) is 48.0 Å². The van der Waals surface area contributed by atoms with Crippen LogP contribution < -0.4 is 10.9 Å². The maximum Gasteiger partial charge on any atom is 0.261 e. The second-order valence-corrected chi connectivity index (χ2v) is 8.55. The molecule has 2 atom stereocenters. The molecule has 3 heterocycles. The number of rotatable bonds is 6. The van der Waals surface area contributed by atoms with Gasteiger partial charge in [-0.2, -0.15) is 20.7 Å². The van der Waals surface area contributed by atoms with Crippen molar-refractivity contribution in [2.75, 3.05) is 5.32 Å². The Balaban J connectivity index is 1.44. The third-order valence-electron chi connectivity index (χ3n) is 6.41. The highest BCUT2D eigenvalue weighted by molar-refractivity contribution is 5.91. The summed E-state index contributed by atoms with van der Waals surface area (Å²) in [5.74, 6) is 0.369. The lowest BCUT2D eigenvalue weighted by Crippen LogP contribution is -2.23. The van der Waals surface area contributed by atoms with Crippen molar-refractivity contribution in [3.05, 3.63) is 59.3 Å². The summed E-state index contributed by atoms with van der Waals surface area (Å²) in [6.45, 7) is 0.564. The lowest BCUT2D eigenvalue weighted by molar-refractivity contribution is 0.277. The van der Waals surface area contributed by atoms with Gasteiger partial charge >= 0.3 is 0 Å². The topological polar surface area (TPSA) is 128 Å². The number of nitriles is 2. The van der Waals surface area contributed by atoms with Crippen molar-refractivity contribution in [3.63, 3.8) is 0 Å². The summed E-state index contributed by atoms with van der Waals surface area (Å²) < 4.78 is 3.62. The molecule has 34 heavy (non-hydrogen) atoms. The average Bonchev–Trinajstić information content (AvgIpc) is 3.49. The fourth-order valence-corrected chi connectivity index (χ4v) is 4.68. The van der Waals surface area contributed by atoms with E-state index in [9.17, 15) is 10.1 Å². The Bertz CT molecular complexity index is 1450. The molecule has 0 bridgehead atoms. The van der Waals surface area contributed by atoms with Gasteiger partial charge in [-0.1, -0.05) is 25.0 Å². The quantitative estimate of drug-likeness (QED) is 0.443. The van der Waals surface area contributed by atoms with Crippen molar-refractivity contribution >= 4 is 22.4 Å². The van der Waals surface area contributed by atoms with Crippen LogP contribution in [0.2, 0.25) is 0 Å². The minimum atomic E-state index is -0.211. The van der Waals surface area contributed by atoms with Gasteiger partial charge in [-0.15, -0.1) is 0 Å². The molecule has 1 aliphatic rings. The Kier molecular flexibility index (Phi) is 5.84. The van der Waals surface area contributed by atoms with E-state index in [-0.39, 0.29) is 17.5 Å². The van der Waals surface area contributed by atoms with Gasteiger partial charge in [0.25, 0.3) is 5.56 Å². The van der Waals surface area contributed by atoms with Crippen LogP contribution in [-0.2, 0) is 6.54 Å². The summed E-state index contributed by atoms with van der Waals surface area (Å²) >= 11 is 0. The smallest absolute Gasteiger partial charge is 0.261 e. The van der Waals surface area contributed by atoms with Crippen LogP contribution in [-0.4, -0.2) is 24.5 Å². The number of anilines is 2. The predicted molar refractivity (Wildman–Crippen MR) is 128 cm³/mol. The second kappa shape index (κ2) is 9.24. The van der Waals surface area contributed by atoms with E-state index in [1.165, 1.54) is 0 Å². The summed E-state index contributed by atoms with van der Waals surface area (Å²) in [5, 5.41) is 31.3. The van der Waals surface area contributed by atoms with E-state index in [4.69, 9.17) is 10.4 Å². The Morgan fingerprint density at radius 3 is 2.74 bits per heavy atom. The molecule has 0 amide bonds. The van der Waals surface area contributed by atoms with Crippen molar-refractivity contribution in [3.8, 4) is 23.3 Å². The van der Waals surface area contributed by atoms with E-state index < -0.39 is 0 Å². The summed E-state index contributed by atoms with van der Waals surface area (Å²) in [7, 11) is 0. The monoisotopic (exact) mass is 452 g/mol. The van der Waals surface area contributed by atoms with E-state index >= 15 is 0 Å². The molecule has 170 valence electrons. The molecule has 3 aromatic heterocycles. The van der Waals surface area contributed by atoms with E-state index in [1.54, 1.807) is 17.1 Å². The fourth-order valence-electron chi connectivity index (χ4n) is 4.68. The number of aryl methyl sites for hydroxylation is 1. The first-order valence-corrected chi connectivity index (χ1v) is 11.4. The first-order chi connectivity index (χ1) is 16.7. The highest BCUT2D eigenvalue weighted by Crippen LogP contribution is 2.36. The normalized spacial score (nSPS) is 17.8. The number of aromatic amines is 1. The maximum atomic E-state index is 12.7. The van der Waals surface area contributed by atoms with Crippen LogP contribution in [0.1, 0.15) is 38.1 Å². The zero-order valence-corrected chi connectivity index (χ0v) is 18.6. The minimum Gasteiger partial charge on any atom is -0.338 e. The SMILES string of the molecule is N#CCCn1cc(-c2ccc(Nc3nn([C@H]4CCCCC4C#N)c4cc[nH]c(=O)c34)cc2)cn1. The Labute approximate surface area is 196 Å². The molecule has 0 spiro atoms. The molecule has 2 N–H and O–H groups in total. The molecular formula is C25H24N8O. The van der Waals surface area contributed by atoms with Gasteiger partial charge in [0, 0.05) is 23.6 Å². The van der Waals surface area contributed by atoms with E-state index in [0.29, 0.717) is 24.2 Å². The highest BCUT2D eigenvalue weighted by Gasteiger charge is 2.29. The van der Waals surface area contributed by atoms with Gasteiger partial charge < -0.3 is 10.3 Å². The Hall–Kier alpha value is -4.37. The van der Waals surface area contributed by atoms with Crippen LogP contribution in [0.5, 0.6) is 0 Å². The van der Waals surface area contributed by atoms with Gasteiger partial charge in [0.1, 0.15) is 5.39 Å². The number of hydrogen-bond acceptors (Lipinski definition) is 6. The van der Waals surface area contributed by atoms with Gasteiger partial charge in [-0.25, -0.2) is 0 Å². The van der Waals surface area contributed by atoms with E-state index in [1.807, 2.05) is 41.2 Å². The zero-order valence-electron chi connectivity index (χ0n) is 18.6. The average molecular weight is 453 g/mol. The van der Waals surface area contributed by atoms with Crippen molar-refractivity contribution < 1.29 is 0 Å². The number of H-pyrrole nitrogens is 1. The molecule has 9 heteroatoms. The van der Waals surface area contributed by atoms with Gasteiger partial charge in [0.15, 0.2) is 5.82 Å². The van der Waals surface area contributed by atoms with Crippen LogP contribution in [0.25, 0.3) is 22.0 Å². The molecule has 1 aromatic carbocycles. The number of fused-ring (bicyclic) bond motifs is 1. The minimum absolute atomic E-state index is 0.0430. The standard InChI is InChI=1S/C25H24N8O/c26-11-3-13-32-16-19(15-29-32)17-6-8-20(9-7-17)30-24-23-22(10-12-28-25(23)34)33(31-24)21-5-2-1-4-18(21)14-27/h6-10,12,15-16,18,21H,1-5,13H2,(H,28,34)(H,30,31)/t18?,21-/m0/s1. The predicted octanol–water partition coefficient (Wildman–Crippen LogP) is 4.50. The molecule has 1 fully saturated rings. The molecule has 0 saturated heterocycles. The fraction of sp³-hybridized carbons (Fsp3) is 0.320. The third kappa shape index (κ3) is 4.04. The van der Waals surface area contributed by atoms with Gasteiger partial charge in [-0.05, 0) is 36.6 Å². The number of nitrogens with one attached hydrogen (secondary N) is 2. The van der Waals surface area contributed by atoms with Crippen LogP contribution in [0.4, 0.5) is 11.5 Å². The zero-order chi connectivity index (χ0) is 23.5. The molecule has 1 aliphatic carbocycles. The summed E-state index contributed by atoms with van der Waals surface area (Å²) in [5.41, 5.74) is 3.30. The molecule has 5 rings (SSSR count). The summed E-state index contributed by atoms with van der Waals surface area (Å²) in [4.78, 5) is 15.5. The van der Waals surface area contributed by atoms with Gasteiger partial charge in [0.2, 0.25) is 0 Å². The van der Waals surface area contributed by atoms with Crippen molar-refractivity contribution in [1.29, 1.82) is 10.5 Å². The Morgan fingerprint density at radius 1 is 1.12 bits per heavy atom. The van der Waals surface area contributed by atoms with Crippen molar-refractivity contribution in [1.82, 2.24) is 24.5 Å². The molecule has 1 saturated carbocycles. The first-order valence-electron chi connectivity index (χ1n) is 11.4. The van der Waals surface area contributed by atoms with E-state index in [2.05, 4.69) is 27.5 Å². The van der Waals surface area contributed by atoms with Crippen LogP contribution in [0.3, 0.4) is 0 Å². The van der Waals surface area contributed by atoms with Crippen LogP contribution >= 0.6 is 0 Å². The molecule has 1 unspecified atom stereocenters. The maximum absolute atomic E-state index is 12.7. The first kappa shape index (κ1) is 21.5. The highest BCUT2D eigenvalue weighted by atomic mass is 16.1. The summed E-state index contributed by atoms with van der Waals surface area (Å²) in [6.07, 6.45) is 9.56. The van der Waals surface area contributed by atoms with Gasteiger partial charge in [0.05, 0.1) is 48.8 Å². The number of nitrogens with zero attached hydrogens (tertiary/aromatic N) is 6. The number of aromatic nitrogens is 5. The number of pyridine rings is 1. The Morgan fingerprint density at radius 2 is 1.94 bits per heavy atom. The van der Waals surface area contributed by atoms with Gasteiger partial charge in [-0.3, -0.25) is 14.2 Å². The lowest BCUT2D eigenvalue weighted by atomic mass is 9.85. The number of hydrogen-bond donors (Lipinski definition) is 2. The second-order valence-electron chi connectivity index (χ2n) is 8.55. The number of benzene rings is 1. The van der Waals surface area contributed by atoms with Crippen molar-refractivity contribution in [2.45, 2.75) is 44.7 Å². The largest absolute Gasteiger partial charge is 0.338 e. The molecule has 0 radical (unpaired) electrons. The van der Waals surface area contributed by atoms with Crippen LogP contribution in [0.15, 0.2) is 53.7 Å². The molecule has 9 nitrogen and oxygen atoms in total. The third-order valence-corrected chi connectivity index (χ3v) is 6.41. The summed E-state index contributed by atoms with van der Waals surface area (Å²) in [6, 6.07) is 14.2. The lowest BCUT2D eigenvalue weighted by Gasteiger charge is -2.27. The van der Waals surface area contributed by atoms with Crippen LogP contribution in [0, 0.1) is 28.6 Å². The van der Waals surface area contributed by atoms with Crippen molar-refractivity contribution in [2.24, 2.45) is 5.92 Å².